The molecule has 1 aromatic heterocycles. The lowest BCUT2D eigenvalue weighted by atomic mass is 9.90. The van der Waals surface area contributed by atoms with E-state index in [0.717, 1.165) is 36.3 Å². The van der Waals surface area contributed by atoms with Crippen molar-refractivity contribution in [3.63, 3.8) is 0 Å². The SMILES string of the molecule is Cc1cc2[nH]c3c(c2cc1C)C[C@H](NC(=O)CCc1ccc2c(c1)OCO2)CC3. The Balaban J connectivity index is 1.23. The van der Waals surface area contributed by atoms with Crippen LogP contribution in [0.2, 0.25) is 0 Å². The minimum atomic E-state index is 0.114. The van der Waals surface area contributed by atoms with Gasteiger partial charge in [-0.25, -0.2) is 0 Å². The molecule has 0 radical (unpaired) electrons. The minimum absolute atomic E-state index is 0.114. The summed E-state index contributed by atoms with van der Waals surface area (Å²) in [6.45, 7) is 4.58. The number of hydrogen-bond donors (Lipinski definition) is 2. The highest BCUT2D eigenvalue weighted by Gasteiger charge is 2.24. The molecule has 0 saturated heterocycles. The van der Waals surface area contributed by atoms with Crippen molar-refractivity contribution in [1.82, 2.24) is 10.3 Å². The van der Waals surface area contributed by atoms with E-state index in [9.17, 15) is 4.79 Å². The number of aryl methyl sites for hydroxylation is 4. The molecule has 29 heavy (non-hydrogen) atoms. The molecule has 150 valence electrons. The van der Waals surface area contributed by atoms with Crippen molar-refractivity contribution < 1.29 is 14.3 Å². The van der Waals surface area contributed by atoms with Crippen LogP contribution >= 0.6 is 0 Å². The maximum absolute atomic E-state index is 12.6. The average molecular weight is 390 g/mol. The number of aromatic nitrogens is 1. The normalized spacial score (nSPS) is 17.4. The summed E-state index contributed by atoms with van der Waals surface area (Å²) in [5.41, 5.74) is 7.63. The first-order chi connectivity index (χ1) is 14.1. The molecule has 0 saturated carbocycles. The van der Waals surface area contributed by atoms with Crippen molar-refractivity contribution in [3.05, 3.63) is 58.3 Å². The molecule has 2 aromatic carbocycles. The molecule has 2 aliphatic rings. The summed E-state index contributed by atoms with van der Waals surface area (Å²) in [4.78, 5) is 16.1. The number of ether oxygens (including phenoxy) is 2. The summed E-state index contributed by atoms with van der Waals surface area (Å²) in [7, 11) is 0. The second-order valence-corrected chi connectivity index (χ2v) is 8.26. The van der Waals surface area contributed by atoms with Crippen LogP contribution in [0.3, 0.4) is 0 Å². The first-order valence-corrected chi connectivity index (χ1v) is 10.4. The zero-order valence-electron chi connectivity index (χ0n) is 16.9. The molecule has 5 rings (SSSR count). The fraction of sp³-hybridized carbons (Fsp3) is 0.375. The zero-order chi connectivity index (χ0) is 20.0. The van der Waals surface area contributed by atoms with Crippen LogP contribution < -0.4 is 14.8 Å². The molecule has 5 heteroatoms. The average Bonchev–Trinajstić information content (AvgIpc) is 3.31. The van der Waals surface area contributed by atoms with E-state index in [0.29, 0.717) is 12.8 Å². The van der Waals surface area contributed by atoms with E-state index >= 15 is 0 Å². The van der Waals surface area contributed by atoms with Crippen LogP contribution in [0.25, 0.3) is 10.9 Å². The summed E-state index contributed by atoms with van der Waals surface area (Å²) < 4.78 is 10.8. The van der Waals surface area contributed by atoms with Crippen molar-refractivity contribution in [2.75, 3.05) is 6.79 Å². The molecule has 0 spiro atoms. The van der Waals surface area contributed by atoms with Gasteiger partial charge in [0.2, 0.25) is 12.7 Å². The van der Waals surface area contributed by atoms with E-state index in [-0.39, 0.29) is 18.7 Å². The molecule has 0 fully saturated rings. The van der Waals surface area contributed by atoms with Gasteiger partial charge < -0.3 is 19.8 Å². The Morgan fingerprint density at radius 3 is 2.86 bits per heavy atom. The fourth-order valence-corrected chi connectivity index (χ4v) is 4.46. The number of fused-ring (bicyclic) bond motifs is 4. The monoisotopic (exact) mass is 390 g/mol. The number of H-pyrrole nitrogens is 1. The Morgan fingerprint density at radius 1 is 1.14 bits per heavy atom. The smallest absolute Gasteiger partial charge is 0.231 e. The topological polar surface area (TPSA) is 63.4 Å². The number of aromatic amines is 1. The van der Waals surface area contributed by atoms with Crippen molar-refractivity contribution in [3.8, 4) is 11.5 Å². The van der Waals surface area contributed by atoms with Crippen LogP contribution in [-0.2, 0) is 24.1 Å². The van der Waals surface area contributed by atoms with Gasteiger partial charge in [-0.05, 0) is 86.1 Å². The van der Waals surface area contributed by atoms with Crippen LogP contribution in [0, 0.1) is 13.8 Å². The molecule has 1 aliphatic heterocycles. The number of rotatable bonds is 4. The summed E-state index contributed by atoms with van der Waals surface area (Å²) in [5, 5.41) is 4.56. The van der Waals surface area contributed by atoms with Crippen LogP contribution in [0.5, 0.6) is 11.5 Å². The van der Waals surface area contributed by atoms with E-state index in [1.807, 2.05) is 18.2 Å². The number of hydrogen-bond acceptors (Lipinski definition) is 3. The van der Waals surface area contributed by atoms with E-state index in [4.69, 9.17) is 9.47 Å². The van der Waals surface area contributed by atoms with Crippen LogP contribution in [0.4, 0.5) is 0 Å². The first kappa shape index (κ1) is 18.1. The molecule has 0 bridgehead atoms. The highest BCUT2D eigenvalue weighted by atomic mass is 16.7. The number of carbonyl (C=O) groups excluding carboxylic acids is 1. The van der Waals surface area contributed by atoms with E-state index in [2.05, 4.69) is 36.3 Å². The largest absolute Gasteiger partial charge is 0.454 e. The standard InChI is InChI=1S/C24H26N2O3/c1-14-9-18-19-12-17(5-6-20(19)26-21(18)10-15(14)2)25-24(27)8-4-16-3-7-22-23(11-16)29-13-28-22/h3,7,9-11,17,26H,4-6,8,12-13H2,1-2H3,(H,25,27)/t17-/m1/s1. The molecule has 2 heterocycles. The van der Waals surface area contributed by atoms with E-state index in [1.54, 1.807) is 0 Å². The Bertz CT molecular complexity index is 1100. The van der Waals surface area contributed by atoms with Crippen molar-refractivity contribution in [2.24, 2.45) is 0 Å². The lowest BCUT2D eigenvalue weighted by Gasteiger charge is -2.23. The maximum atomic E-state index is 12.6. The maximum Gasteiger partial charge on any atom is 0.231 e. The minimum Gasteiger partial charge on any atom is -0.454 e. The molecule has 0 unspecified atom stereocenters. The number of nitrogens with one attached hydrogen (secondary N) is 2. The molecule has 1 aliphatic carbocycles. The van der Waals surface area contributed by atoms with Gasteiger partial charge in [-0.2, -0.15) is 0 Å². The second-order valence-electron chi connectivity index (χ2n) is 8.26. The second kappa shape index (κ2) is 7.14. The molecular formula is C24H26N2O3. The van der Waals surface area contributed by atoms with Gasteiger partial charge in [-0.1, -0.05) is 6.07 Å². The Morgan fingerprint density at radius 2 is 1.97 bits per heavy atom. The Labute approximate surface area is 170 Å². The lowest BCUT2D eigenvalue weighted by molar-refractivity contribution is -0.121. The van der Waals surface area contributed by atoms with Gasteiger partial charge in [0.15, 0.2) is 11.5 Å². The molecule has 1 atom stereocenters. The van der Waals surface area contributed by atoms with Crippen LogP contribution in [0.15, 0.2) is 30.3 Å². The summed E-state index contributed by atoms with van der Waals surface area (Å²) >= 11 is 0. The third-order valence-corrected chi connectivity index (χ3v) is 6.24. The van der Waals surface area contributed by atoms with Gasteiger partial charge in [-0.3, -0.25) is 4.79 Å². The van der Waals surface area contributed by atoms with Gasteiger partial charge in [-0.15, -0.1) is 0 Å². The predicted octanol–water partition coefficient (Wildman–Crippen LogP) is 4.12. The van der Waals surface area contributed by atoms with E-state index in [1.165, 1.54) is 33.3 Å². The predicted molar refractivity (Wildman–Crippen MR) is 113 cm³/mol. The molecule has 3 aromatic rings. The van der Waals surface area contributed by atoms with Gasteiger partial charge in [0, 0.05) is 29.1 Å². The summed E-state index contributed by atoms with van der Waals surface area (Å²) in [6, 6.07) is 10.6. The zero-order valence-corrected chi connectivity index (χ0v) is 16.9. The summed E-state index contributed by atoms with van der Waals surface area (Å²) in [5.74, 6) is 1.66. The Hall–Kier alpha value is -2.95. The number of benzene rings is 2. The summed E-state index contributed by atoms with van der Waals surface area (Å²) in [6.07, 6.45) is 4.04. The van der Waals surface area contributed by atoms with Crippen molar-refractivity contribution in [1.29, 1.82) is 0 Å². The Kier molecular flexibility index (Phi) is 4.46. The highest BCUT2D eigenvalue weighted by Crippen LogP contribution is 2.33. The van der Waals surface area contributed by atoms with Gasteiger partial charge >= 0.3 is 0 Å². The van der Waals surface area contributed by atoms with Gasteiger partial charge in [0.1, 0.15) is 0 Å². The highest BCUT2D eigenvalue weighted by molar-refractivity contribution is 5.86. The van der Waals surface area contributed by atoms with Gasteiger partial charge in [0.05, 0.1) is 0 Å². The van der Waals surface area contributed by atoms with E-state index < -0.39 is 0 Å². The fourth-order valence-electron chi connectivity index (χ4n) is 4.46. The van der Waals surface area contributed by atoms with Crippen LogP contribution in [0.1, 0.15) is 40.8 Å². The molecular weight excluding hydrogens is 364 g/mol. The molecule has 1 amide bonds. The third kappa shape index (κ3) is 3.46. The quantitative estimate of drug-likeness (QED) is 0.704. The molecule has 5 nitrogen and oxygen atoms in total. The van der Waals surface area contributed by atoms with Crippen molar-refractivity contribution in [2.45, 2.75) is 52.0 Å². The first-order valence-electron chi connectivity index (χ1n) is 10.4. The lowest BCUT2D eigenvalue weighted by Crippen LogP contribution is -2.38. The number of amides is 1. The molecule has 2 N–H and O–H groups in total. The number of carbonyl (C=O) groups is 1. The van der Waals surface area contributed by atoms with Gasteiger partial charge in [0.25, 0.3) is 0 Å². The van der Waals surface area contributed by atoms with Crippen molar-refractivity contribution >= 4 is 16.8 Å². The van der Waals surface area contributed by atoms with Crippen LogP contribution in [-0.4, -0.2) is 23.7 Å². The third-order valence-electron chi connectivity index (χ3n) is 6.24.